The molecule has 0 spiro atoms. The number of rotatable bonds is 1. The van der Waals surface area contributed by atoms with Crippen LogP contribution in [-0.2, 0) is 0 Å². The highest BCUT2D eigenvalue weighted by molar-refractivity contribution is 7.23. The number of halogens is 1. The highest BCUT2D eigenvalue weighted by Crippen LogP contribution is 2.35. The van der Waals surface area contributed by atoms with Gasteiger partial charge in [0.1, 0.15) is 4.34 Å². The summed E-state index contributed by atoms with van der Waals surface area (Å²) in [6.45, 7) is 4.10. The lowest BCUT2D eigenvalue weighted by Gasteiger charge is -1.99. The molecule has 0 atom stereocenters. The molecule has 1 nitrogen and oxygen atoms in total. The van der Waals surface area contributed by atoms with Crippen LogP contribution >= 0.6 is 22.9 Å². The van der Waals surface area contributed by atoms with Crippen molar-refractivity contribution in [3.8, 4) is 0 Å². The van der Waals surface area contributed by atoms with Crippen molar-refractivity contribution in [3.05, 3.63) is 33.2 Å². The van der Waals surface area contributed by atoms with Gasteiger partial charge in [0, 0.05) is 10.1 Å². The maximum atomic E-state index is 10.8. The average Bonchev–Trinajstić information content (AvgIpc) is 2.42. The SMILES string of the molecule is Cc1cc2sc(Cl)c(C=O)c2cc1C. The maximum absolute atomic E-state index is 10.8. The molecular weight excluding hydrogens is 216 g/mol. The molecule has 0 aliphatic heterocycles. The first-order valence-corrected chi connectivity index (χ1v) is 5.47. The van der Waals surface area contributed by atoms with E-state index >= 15 is 0 Å². The zero-order valence-electron chi connectivity index (χ0n) is 7.93. The van der Waals surface area contributed by atoms with Crippen molar-refractivity contribution in [2.24, 2.45) is 0 Å². The summed E-state index contributed by atoms with van der Waals surface area (Å²) in [5, 5.41) is 0.970. The molecule has 0 aliphatic rings. The Balaban J connectivity index is 2.89. The Morgan fingerprint density at radius 2 is 1.93 bits per heavy atom. The Morgan fingerprint density at radius 3 is 2.57 bits per heavy atom. The van der Waals surface area contributed by atoms with Crippen molar-refractivity contribution in [2.45, 2.75) is 13.8 Å². The number of carbonyl (C=O) groups excluding carboxylic acids is 1. The lowest BCUT2D eigenvalue weighted by Crippen LogP contribution is -1.81. The molecule has 0 unspecified atom stereocenters. The van der Waals surface area contributed by atoms with Crippen LogP contribution in [0.3, 0.4) is 0 Å². The van der Waals surface area contributed by atoms with Gasteiger partial charge in [-0.05, 0) is 37.1 Å². The van der Waals surface area contributed by atoms with Gasteiger partial charge in [-0.25, -0.2) is 0 Å². The van der Waals surface area contributed by atoms with E-state index in [-0.39, 0.29) is 0 Å². The minimum Gasteiger partial charge on any atom is -0.298 e. The standard InChI is InChI=1S/C11H9ClOS/c1-6-3-8-9(5-13)11(12)14-10(8)4-7(6)2/h3-5H,1-2H3. The molecule has 0 aliphatic carbocycles. The van der Waals surface area contributed by atoms with Crippen molar-refractivity contribution in [1.82, 2.24) is 0 Å². The third kappa shape index (κ3) is 1.35. The number of fused-ring (bicyclic) bond motifs is 1. The number of aldehydes is 1. The second kappa shape index (κ2) is 3.37. The summed E-state index contributed by atoms with van der Waals surface area (Å²) in [5.41, 5.74) is 3.04. The van der Waals surface area contributed by atoms with Crippen molar-refractivity contribution < 1.29 is 4.79 Å². The summed E-state index contributed by atoms with van der Waals surface area (Å²) < 4.78 is 1.67. The second-order valence-corrected chi connectivity index (χ2v) is 4.99. The molecule has 1 aromatic carbocycles. The smallest absolute Gasteiger partial charge is 0.153 e. The Labute approximate surface area is 91.3 Å². The molecule has 0 radical (unpaired) electrons. The highest BCUT2D eigenvalue weighted by Gasteiger charge is 2.10. The summed E-state index contributed by atoms with van der Waals surface area (Å²) in [6, 6.07) is 4.10. The van der Waals surface area contributed by atoms with E-state index in [1.165, 1.54) is 22.5 Å². The van der Waals surface area contributed by atoms with E-state index in [2.05, 4.69) is 13.0 Å². The lowest BCUT2D eigenvalue weighted by molar-refractivity contribution is 0.112. The van der Waals surface area contributed by atoms with Gasteiger partial charge in [-0.15, -0.1) is 11.3 Å². The summed E-state index contributed by atoms with van der Waals surface area (Å²) in [6.07, 6.45) is 0.829. The first kappa shape index (κ1) is 9.69. The van der Waals surface area contributed by atoms with Crippen LogP contribution in [0.4, 0.5) is 0 Å². The monoisotopic (exact) mass is 224 g/mol. The topological polar surface area (TPSA) is 17.1 Å². The number of carbonyl (C=O) groups is 1. The number of thiophene rings is 1. The van der Waals surface area contributed by atoms with Gasteiger partial charge >= 0.3 is 0 Å². The van der Waals surface area contributed by atoms with Gasteiger partial charge in [0.05, 0.1) is 5.56 Å². The van der Waals surface area contributed by atoms with Gasteiger partial charge in [0.2, 0.25) is 0 Å². The Hall–Kier alpha value is -0.860. The molecule has 2 aromatic rings. The molecule has 0 fully saturated rings. The molecule has 1 heterocycles. The van der Waals surface area contributed by atoms with Gasteiger partial charge in [-0.3, -0.25) is 4.79 Å². The average molecular weight is 225 g/mol. The lowest BCUT2D eigenvalue weighted by atomic mass is 10.1. The number of benzene rings is 1. The molecule has 2 rings (SSSR count). The van der Waals surface area contributed by atoms with Gasteiger partial charge in [-0.1, -0.05) is 11.6 Å². The minimum absolute atomic E-state index is 0.583. The van der Waals surface area contributed by atoms with E-state index in [9.17, 15) is 4.79 Å². The molecule has 3 heteroatoms. The van der Waals surface area contributed by atoms with E-state index in [1.54, 1.807) is 0 Å². The predicted molar refractivity (Wildman–Crippen MR) is 61.7 cm³/mol. The van der Waals surface area contributed by atoms with Crippen LogP contribution in [0.5, 0.6) is 0 Å². The maximum Gasteiger partial charge on any atom is 0.153 e. The normalized spacial score (nSPS) is 10.8. The first-order valence-electron chi connectivity index (χ1n) is 4.28. The second-order valence-electron chi connectivity index (χ2n) is 3.34. The molecule has 0 amide bonds. The van der Waals surface area contributed by atoms with Gasteiger partial charge in [-0.2, -0.15) is 0 Å². The summed E-state index contributed by atoms with van der Waals surface area (Å²) in [4.78, 5) is 10.8. The van der Waals surface area contributed by atoms with Crippen LogP contribution in [0, 0.1) is 13.8 Å². The van der Waals surface area contributed by atoms with Crippen molar-refractivity contribution >= 4 is 39.3 Å². The van der Waals surface area contributed by atoms with E-state index in [4.69, 9.17) is 11.6 Å². The van der Waals surface area contributed by atoms with Crippen molar-refractivity contribution in [1.29, 1.82) is 0 Å². The Bertz CT molecular complexity index is 513. The Kier molecular flexibility index (Phi) is 2.33. The quantitative estimate of drug-likeness (QED) is 0.670. The fraction of sp³-hybridized carbons (Fsp3) is 0.182. The van der Waals surface area contributed by atoms with Crippen LogP contribution in [0.15, 0.2) is 12.1 Å². The molecular formula is C11H9ClOS. The van der Waals surface area contributed by atoms with E-state index in [0.717, 1.165) is 16.4 Å². The zero-order valence-corrected chi connectivity index (χ0v) is 9.50. The van der Waals surface area contributed by atoms with Gasteiger partial charge < -0.3 is 0 Å². The predicted octanol–water partition coefficient (Wildman–Crippen LogP) is 3.98. The fourth-order valence-electron chi connectivity index (χ4n) is 1.45. The van der Waals surface area contributed by atoms with Crippen LogP contribution in [0.25, 0.3) is 10.1 Å². The molecule has 14 heavy (non-hydrogen) atoms. The van der Waals surface area contributed by atoms with E-state index < -0.39 is 0 Å². The molecule has 72 valence electrons. The summed E-state index contributed by atoms with van der Waals surface area (Å²) >= 11 is 7.42. The van der Waals surface area contributed by atoms with Crippen LogP contribution in [-0.4, -0.2) is 6.29 Å². The third-order valence-corrected chi connectivity index (χ3v) is 3.81. The molecule has 0 saturated heterocycles. The van der Waals surface area contributed by atoms with E-state index in [0.29, 0.717) is 9.90 Å². The summed E-state index contributed by atoms with van der Waals surface area (Å²) in [7, 11) is 0. The van der Waals surface area contributed by atoms with E-state index in [1.807, 2.05) is 13.0 Å². The van der Waals surface area contributed by atoms with Gasteiger partial charge in [0.25, 0.3) is 0 Å². The zero-order chi connectivity index (χ0) is 10.3. The third-order valence-electron chi connectivity index (χ3n) is 2.42. The first-order chi connectivity index (χ1) is 6.63. The largest absolute Gasteiger partial charge is 0.298 e. The summed E-state index contributed by atoms with van der Waals surface area (Å²) in [5.74, 6) is 0. The van der Waals surface area contributed by atoms with Crippen LogP contribution in [0.2, 0.25) is 4.34 Å². The van der Waals surface area contributed by atoms with Crippen LogP contribution < -0.4 is 0 Å². The van der Waals surface area contributed by atoms with Gasteiger partial charge in [0.15, 0.2) is 6.29 Å². The Morgan fingerprint density at radius 1 is 1.29 bits per heavy atom. The molecule has 1 aromatic heterocycles. The highest BCUT2D eigenvalue weighted by atomic mass is 35.5. The van der Waals surface area contributed by atoms with Crippen molar-refractivity contribution in [2.75, 3.05) is 0 Å². The number of aryl methyl sites for hydroxylation is 2. The fourth-order valence-corrected chi connectivity index (χ4v) is 2.82. The van der Waals surface area contributed by atoms with Crippen LogP contribution in [0.1, 0.15) is 21.5 Å². The van der Waals surface area contributed by atoms with Crippen molar-refractivity contribution in [3.63, 3.8) is 0 Å². The number of hydrogen-bond acceptors (Lipinski definition) is 2. The molecule has 0 N–H and O–H groups in total. The molecule has 0 saturated carbocycles. The minimum atomic E-state index is 0.583. The number of hydrogen-bond donors (Lipinski definition) is 0. The molecule has 0 bridgehead atoms.